The summed E-state index contributed by atoms with van der Waals surface area (Å²) in [7, 11) is 0. The third-order valence-corrected chi connectivity index (χ3v) is 3.66. The number of aryl methyl sites for hydroxylation is 3. The van der Waals surface area contributed by atoms with Crippen molar-refractivity contribution < 1.29 is 4.79 Å². The quantitative estimate of drug-likeness (QED) is 0.809. The minimum Gasteiger partial charge on any atom is -0.383 e. The van der Waals surface area contributed by atoms with Crippen molar-refractivity contribution in [1.29, 1.82) is 0 Å². The van der Waals surface area contributed by atoms with Crippen LogP contribution in [-0.2, 0) is 11.3 Å². The van der Waals surface area contributed by atoms with E-state index in [0.717, 1.165) is 41.7 Å². The van der Waals surface area contributed by atoms with E-state index in [1.165, 1.54) is 0 Å². The van der Waals surface area contributed by atoms with Crippen LogP contribution in [0.1, 0.15) is 36.3 Å². The molecule has 0 aliphatic carbocycles. The molecule has 0 fully saturated rings. The summed E-state index contributed by atoms with van der Waals surface area (Å²) in [6.45, 7) is 6.73. The molecular formula is C14H21N5O. The molecule has 2 rings (SSSR count). The first-order valence-electron chi connectivity index (χ1n) is 6.79. The molecule has 6 heteroatoms. The molecular weight excluding hydrogens is 254 g/mol. The van der Waals surface area contributed by atoms with Crippen LogP contribution in [0.4, 0.5) is 5.82 Å². The largest absolute Gasteiger partial charge is 0.383 e. The number of carbonyl (C=O) groups excluding carboxylic acids is 1. The average Bonchev–Trinajstić information content (AvgIpc) is 2.58. The standard InChI is InChI=1S/C14H21N5O/c1-8-9(2)19(7-5-4-6-11(15)20)14-12(8)13(16)17-10(3)18-14/h4-7H2,1-3H3,(H2,15,20)(H2,16,17,18). The topological polar surface area (TPSA) is 99.8 Å². The van der Waals surface area contributed by atoms with E-state index in [2.05, 4.69) is 21.5 Å². The monoisotopic (exact) mass is 275 g/mol. The van der Waals surface area contributed by atoms with Gasteiger partial charge in [-0.15, -0.1) is 0 Å². The van der Waals surface area contributed by atoms with Gasteiger partial charge in [-0.25, -0.2) is 9.97 Å². The summed E-state index contributed by atoms with van der Waals surface area (Å²) in [5.41, 5.74) is 14.3. The Morgan fingerprint density at radius 1 is 1.20 bits per heavy atom. The predicted octanol–water partition coefficient (Wildman–Crippen LogP) is 1.59. The maximum absolute atomic E-state index is 10.8. The summed E-state index contributed by atoms with van der Waals surface area (Å²) in [4.78, 5) is 19.5. The highest BCUT2D eigenvalue weighted by Crippen LogP contribution is 2.28. The summed E-state index contributed by atoms with van der Waals surface area (Å²) in [6.07, 6.45) is 2.09. The molecule has 0 spiro atoms. The molecule has 6 nitrogen and oxygen atoms in total. The zero-order valence-corrected chi connectivity index (χ0v) is 12.2. The summed E-state index contributed by atoms with van der Waals surface area (Å²) in [5, 5.41) is 0.933. The van der Waals surface area contributed by atoms with E-state index in [1.54, 1.807) is 0 Å². The van der Waals surface area contributed by atoms with Gasteiger partial charge >= 0.3 is 0 Å². The number of carbonyl (C=O) groups is 1. The highest BCUT2D eigenvalue weighted by Gasteiger charge is 2.15. The lowest BCUT2D eigenvalue weighted by molar-refractivity contribution is -0.118. The zero-order valence-electron chi connectivity index (χ0n) is 12.2. The second kappa shape index (κ2) is 5.48. The fraction of sp³-hybridized carbons (Fsp3) is 0.500. The lowest BCUT2D eigenvalue weighted by atomic mass is 10.2. The molecule has 20 heavy (non-hydrogen) atoms. The van der Waals surface area contributed by atoms with Gasteiger partial charge in [-0.2, -0.15) is 0 Å². The van der Waals surface area contributed by atoms with Crippen LogP contribution >= 0.6 is 0 Å². The Kier molecular flexibility index (Phi) is 3.92. The van der Waals surface area contributed by atoms with Gasteiger partial charge in [0.15, 0.2) is 0 Å². The molecule has 108 valence electrons. The Morgan fingerprint density at radius 3 is 2.55 bits per heavy atom. The third kappa shape index (κ3) is 2.59. The van der Waals surface area contributed by atoms with Crippen molar-refractivity contribution in [2.24, 2.45) is 5.73 Å². The van der Waals surface area contributed by atoms with E-state index in [-0.39, 0.29) is 5.91 Å². The van der Waals surface area contributed by atoms with Gasteiger partial charge in [0.25, 0.3) is 0 Å². The van der Waals surface area contributed by atoms with E-state index in [0.29, 0.717) is 18.1 Å². The van der Waals surface area contributed by atoms with Crippen LogP contribution in [0.25, 0.3) is 11.0 Å². The molecule has 0 aliphatic rings. The molecule has 4 N–H and O–H groups in total. The molecule has 0 aliphatic heterocycles. The average molecular weight is 275 g/mol. The third-order valence-electron chi connectivity index (χ3n) is 3.66. The van der Waals surface area contributed by atoms with Crippen molar-refractivity contribution in [3.8, 4) is 0 Å². The molecule has 0 saturated heterocycles. The Morgan fingerprint density at radius 2 is 1.90 bits per heavy atom. The first-order valence-corrected chi connectivity index (χ1v) is 6.79. The maximum Gasteiger partial charge on any atom is 0.217 e. The number of hydrogen-bond donors (Lipinski definition) is 2. The molecule has 0 aromatic carbocycles. The predicted molar refractivity (Wildman–Crippen MR) is 79.2 cm³/mol. The van der Waals surface area contributed by atoms with E-state index in [1.807, 2.05) is 13.8 Å². The van der Waals surface area contributed by atoms with Crippen LogP contribution in [0.2, 0.25) is 0 Å². The molecule has 1 amide bonds. The number of nitrogens with zero attached hydrogens (tertiary/aromatic N) is 3. The van der Waals surface area contributed by atoms with E-state index in [4.69, 9.17) is 11.5 Å². The molecule has 2 heterocycles. The van der Waals surface area contributed by atoms with Crippen molar-refractivity contribution in [3.05, 3.63) is 17.1 Å². The summed E-state index contributed by atoms with van der Waals surface area (Å²) in [5.74, 6) is 0.951. The number of amides is 1. The van der Waals surface area contributed by atoms with Crippen LogP contribution in [0, 0.1) is 20.8 Å². The normalized spacial score (nSPS) is 11.2. The molecule has 0 radical (unpaired) electrons. The van der Waals surface area contributed by atoms with Crippen molar-refractivity contribution in [1.82, 2.24) is 14.5 Å². The van der Waals surface area contributed by atoms with Crippen molar-refractivity contribution in [3.63, 3.8) is 0 Å². The number of hydrogen-bond acceptors (Lipinski definition) is 4. The molecule has 0 saturated carbocycles. The van der Waals surface area contributed by atoms with Crippen LogP contribution in [0.5, 0.6) is 0 Å². The fourth-order valence-electron chi connectivity index (χ4n) is 2.52. The van der Waals surface area contributed by atoms with Crippen LogP contribution < -0.4 is 11.5 Å². The van der Waals surface area contributed by atoms with Gasteiger partial charge in [0, 0.05) is 18.7 Å². The van der Waals surface area contributed by atoms with Gasteiger partial charge in [-0.3, -0.25) is 4.79 Å². The smallest absolute Gasteiger partial charge is 0.217 e. The van der Waals surface area contributed by atoms with Gasteiger partial charge in [0.2, 0.25) is 5.91 Å². The molecule has 0 unspecified atom stereocenters. The van der Waals surface area contributed by atoms with E-state index in [9.17, 15) is 4.79 Å². The number of aromatic nitrogens is 3. The Balaban J connectivity index is 2.33. The Hall–Kier alpha value is -2.11. The van der Waals surface area contributed by atoms with E-state index >= 15 is 0 Å². The van der Waals surface area contributed by atoms with Crippen LogP contribution in [0.15, 0.2) is 0 Å². The van der Waals surface area contributed by atoms with Crippen molar-refractivity contribution in [2.75, 3.05) is 5.73 Å². The number of anilines is 1. The molecule has 0 atom stereocenters. The minimum atomic E-state index is -0.252. The van der Waals surface area contributed by atoms with Crippen molar-refractivity contribution >= 4 is 22.8 Å². The van der Waals surface area contributed by atoms with E-state index < -0.39 is 0 Å². The number of fused-ring (bicyclic) bond motifs is 1. The Labute approximate surface area is 118 Å². The second-order valence-electron chi connectivity index (χ2n) is 5.14. The second-order valence-corrected chi connectivity index (χ2v) is 5.14. The maximum atomic E-state index is 10.8. The van der Waals surface area contributed by atoms with Gasteiger partial charge in [0.05, 0.1) is 5.39 Å². The van der Waals surface area contributed by atoms with Crippen LogP contribution in [-0.4, -0.2) is 20.4 Å². The molecule has 0 bridgehead atoms. The van der Waals surface area contributed by atoms with Crippen LogP contribution in [0.3, 0.4) is 0 Å². The number of nitrogen functional groups attached to an aromatic ring is 1. The zero-order chi connectivity index (χ0) is 14.9. The highest BCUT2D eigenvalue weighted by atomic mass is 16.1. The number of nitrogens with two attached hydrogens (primary N) is 2. The summed E-state index contributed by atoms with van der Waals surface area (Å²) >= 11 is 0. The fourth-order valence-corrected chi connectivity index (χ4v) is 2.52. The minimum absolute atomic E-state index is 0.252. The van der Waals surface area contributed by atoms with Crippen molar-refractivity contribution in [2.45, 2.75) is 46.6 Å². The first-order chi connectivity index (χ1) is 9.41. The summed E-state index contributed by atoms with van der Waals surface area (Å²) < 4.78 is 2.15. The number of rotatable bonds is 5. The molecule has 2 aromatic rings. The number of unbranched alkanes of at least 4 members (excludes halogenated alkanes) is 1. The lowest BCUT2D eigenvalue weighted by Crippen LogP contribution is -2.10. The first kappa shape index (κ1) is 14.3. The molecule has 2 aromatic heterocycles. The Bertz CT molecular complexity index is 659. The SMILES string of the molecule is Cc1nc(N)c2c(C)c(C)n(CCCCC(N)=O)c2n1. The van der Waals surface area contributed by atoms with Gasteiger partial charge in [-0.05, 0) is 39.2 Å². The lowest BCUT2D eigenvalue weighted by Gasteiger charge is -2.07. The van der Waals surface area contributed by atoms with Gasteiger partial charge in [0.1, 0.15) is 17.3 Å². The number of primary amides is 1. The van der Waals surface area contributed by atoms with Gasteiger partial charge < -0.3 is 16.0 Å². The summed E-state index contributed by atoms with van der Waals surface area (Å²) in [6, 6.07) is 0. The van der Waals surface area contributed by atoms with Gasteiger partial charge in [-0.1, -0.05) is 0 Å². The highest BCUT2D eigenvalue weighted by molar-refractivity contribution is 5.91.